The minimum absolute atomic E-state index is 0.595. The van der Waals surface area contributed by atoms with E-state index in [4.69, 9.17) is 49.6 Å². The van der Waals surface area contributed by atoms with E-state index in [1.807, 2.05) is 261 Å². The highest BCUT2D eigenvalue weighted by atomic mass is 16.5. The molecule has 1 spiro atoms. The van der Waals surface area contributed by atoms with Gasteiger partial charge in [-0.3, -0.25) is 0 Å². The third-order valence-corrected chi connectivity index (χ3v) is 27.2. The van der Waals surface area contributed by atoms with Crippen molar-refractivity contribution in [3.8, 4) is 210 Å². The van der Waals surface area contributed by atoms with E-state index in [1.54, 1.807) is 0 Å². The standard InChI is InChI=1S/C51H30N4O.C44H28N4.C38H24N4/c52-31-32-23-26-38-39-27-25-36(30-44(39)51(43(38)29-32)41-19-9-11-21-45(41)56-46-22-12-10-20-42(46)51)47-37-18-8-7-13-33(37)24-28-40(47)50-54-48(34-14-3-1-4-15-34)53-49(55-50)35-16-5-2-6-17-35;45-29-30-12-9-17-33(26-30)34-18-10-19-35(27-34)38-24-25-39(41-23-8-7-22-40(38)41)36-20-11-21-37(28-36)44-47-42(31-13-3-1-4-14-31)46-43(48-44)32-15-5-2-6-16-32;39-25-26-15-17-27(18-16-26)32-23-24-33(35-14-8-7-13-34(32)35)28-19-21-31(22-20-28)38-41-36(29-9-3-1-4-10-29)40-37(42-38)30-11-5-2-6-12-30/h1-30H;1-28H;1-24H. The molecule has 13 nitrogen and oxygen atoms in total. The van der Waals surface area contributed by atoms with Crippen LogP contribution in [0, 0.1) is 34.0 Å². The van der Waals surface area contributed by atoms with Crippen LogP contribution in [0.5, 0.6) is 11.5 Å². The Morgan fingerprint density at radius 2 is 0.445 bits per heavy atom. The molecule has 0 fully saturated rings. The van der Waals surface area contributed by atoms with E-state index in [0.29, 0.717) is 69.1 Å². The van der Waals surface area contributed by atoms with E-state index in [0.717, 1.165) is 178 Å². The highest BCUT2D eigenvalue weighted by Gasteiger charge is 2.51. The van der Waals surface area contributed by atoms with Crippen molar-refractivity contribution >= 4 is 32.3 Å². The van der Waals surface area contributed by atoms with Crippen LogP contribution in [0.3, 0.4) is 0 Å². The highest BCUT2D eigenvalue weighted by molar-refractivity contribution is 6.08. The first-order chi connectivity index (χ1) is 72.2. The maximum absolute atomic E-state index is 10.2. The molecule has 0 N–H and O–H groups in total. The summed E-state index contributed by atoms with van der Waals surface area (Å²) in [6.07, 6.45) is 0. The minimum atomic E-state index is -0.738. The molecule has 26 rings (SSSR count). The Balaban J connectivity index is 0.000000119. The number of benzene rings is 21. The molecule has 1 aliphatic heterocycles. The van der Waals surface area contributed by atoms with Crippen LogP contribution < -0.4 is 4.74 Å². The lowest BCUT2D eigenvalue weighted by Gasteiger charge is -2.39. The predicted octanol–water partition coefficient (Wildman–Crippen LogP) is 32.2. The van der Waals surface area contributed by atoms with Crippen LogP contribution in [-0.2, 0) is 5.41 Å². The SMILES string of the molecule is N#Cc1ccc(-c2ccc(-c3ccc(-c4nc(-c5ccccc5)nc(-c5ccccc5)n4)cc3)c3ccccc23)cc1.N#Cc1ccc2c(c1)C1(c3ccccc3Oc3ccccc31)c1cc(-c3c(-c4nc(-c5ccccc5)nc(-c5ccccc5)n4)ccc4ccccc34)ccc1-2.N#Cc1cccc(-c2cccc(-c3ccc(-c4cccc(-c5nc(-c6ccccc6)nc(-c6ccccc6)n5)c4)c4ccccc34)c2)c1. The fourth-order valence-corrected chi connectivity index (χ4v) is 20.3. The second-order valence-corrected chi connectivity index (χ2v) is 35.8. The van der Waals surface area contributed by atoms with Gasteiger partial charge < -0.3 is 4.74 Å². The van der Waals surface area contributed by atoms with Gasteiger partial charge in [-0.25, -0.2) is 44.9 Å². The van der Waals surface area contributed by atoms with Crippen molar-refractivity contribution in [2.75, 3.05) is 0 Å². The fraction of sp³-hybridized carbons (Fsp3) is 0.00752. The van der Waals surface area contributed by atoms with E-state index in [-0.39, 0.29) is 0 Å². The summed E-state index contributed by atoms with van der Waals surface area (Å²) in [5, 5.41) is 35.7. The Labute approximate surface area is 843 Å². The molecule has 0 saturated heterocycles. The lowest BCUT2D eigenvalue weighted by molar-refractivity contribution is 0.436. The second kappa shape index (κ2) is 38.8. The number of fused-ring (bicyclic) bond motifs is 12. The molecule has 4 heterocycles. The molecule has 146 heavy (non-hydrogen) atoms. The molecular weight excluding hydrogens is 1780 g/mol. The predicted molar refractivity (Wildman–Crippen MR) is 585 cm³/mol. The summed E-state index contributed by atoms with van der Waals surface area (Å²) in [6, 6.07) is 176. The van der Waals surface area contributed by atoms with Gasteiger partial charge in [-0.15, -0.1) is 0 Å². The number of hydrogen-bond acceptors (Lipinski definition) is 13. The third kappa shape index (κ3) is 16.9. The van der Waals surface area contributed by atoms with E-state index >= 15 is 0 Å². The summed E-state index contributed by atoms with van der Waals surface area (Å²) in [5.41, 5.74) is 29.2. The number of rotatable bonds is 15. The minimum Gasteiger partial charge on any atom is -0.457 e. The highest BCUT2D eigenvalue weighted by Crippen LogP contribution is 2.63. The van der Waals surface area contributed by atoms with E-state index in [2.05, 4.69) is 255 Å². The largest absolute Gasteiger partial charge is 0.457 e. The summed E-state index contributed by atoms with van der Waals surface area (Å²) >= 11 is 0. The van der Waals surface area contributed by atoms with Gasteiger partial charge >= 0.3 is 0 Å². The lowest BCUT2D eigenvalue weighted by Crippen LogP contribution is -2.32. The van der Waals surface area contributed by atoms with Gasteiger partial charge in [0.1, 0.15) is 11.5 Å². The van der Waals surface area contributed by atoms with Crippen molar-refractivity contribution in [3.63, 3.8) is 0 Å². The molecule has 1 aliphatic carbocycles. The smallest absolute Gasteiger partial charge is 0.164 e. The van der Waals surface area contributed by atoms with Gasteiger partial charge in [-0.1, -0.05) is 425 Å². The Hall–Kier alpha value is -20.3. The van der Waals surface area contributed by atoms with Crippen molar-refractivity contribution in [1.82, 2.24) is 44.9 Å². The van der Waals surface area contributed by atoms with Crippen LogP contribution in [0.1, 0.15) is 38.9 Å². The molecule has 2 aliphatic rings. The zero-order valence-electron chi connectivity index (χ0n) is 78.6. The average molecular weight is 1860 g/mol. The zero-order valence-corrected chi connectivity index (χ0v) is 78.6. The van der Waals surface area contributed by atoms with Crippen LogP contribution in [0.2, 0.25) is 0 Å². The average Bonchev–Trinajstić information content (AvgIpc) is 1.51. The first-order valence-corrected chi connectivity index (χ1v) is 48.3. The number of para-hydroxylation sites is 2. The Bertz CT molecular complexity index is 9080. The van der Waals surface area contributed by atoms with Crippen LogP contribution in [0.15, 0.2) is 497 Å². The zero-order chi connectivity index (χ0) is 97.8. The first-order valence-electron chi connectivity index (χ1n) is 48.3. The van der Waals surface area contributed by atoms with Gasteiger partial charge in [0.15, 0.2) is 52.4 Å². The molecule has 13 heteroatoms. The Morgan fingerprint density at radius 1 is 0.164 bits per heavy atom. The van der Waals surface area contributed by atoms with Gasteiger partial charge in [-0.2, -0.15) is 15.8 Å². The summed E-state index contributed by atoms with van der Waals surface area (Å²) in [7, 11) is 0. The summed E-state index contributed by atoms with van der Waals surface area (Å²) in [5.74, 6) is 7.26. The third-order valence-electron chi connectivity index (χ3n) is 27.2. The van der Waals surface area contributed by atoms with Crippen molar-refractivity contribution in [2.45, 2.75) is 5.41 Å². The second-order valence-electron chi connectivity index (χ2n) is 35.8. The molecule has 680 valence electrons. The first kappa shape index (κ1) is 88.4. The van der Waals surface area contributed by atoms with Crippen LogP contribution >= 0.6 is 0 Å². The number of aromatic nitrogens is 9. The van der Waals surface area contributed by atoms with Crippen molar-refractivity contribution in [3.05, 3.63) is 536 Å². The molecule has 0 radical (unpaired) electrons. The summed E-state index contributed by atoms with van der Waals surface area (Å²) in [6.45, 7) is 0. The molecule has 0 atom stereocenters. The van der Waals surface area contributed by atoms with Crippen LogP contribution in [0.25, 0.3) is 213 Å². The van der Waals surface area contributed by atoms with Crippen LogP contribution in [-0.4, -0.2) is 44.9 Å². The Morgan fingerprint density at radius 3 is 0.884 bits per heavy atom. The lowest BCUT2D eigenvalue weighted by atomic mass is 9.65. The summed E-state index contributed by atoms with van der Waals surface area (Å²) in [4.78, 5) is 44.7. The Kier molecular flexibility index (Phi) is 23.5. The van der Waals surface area contributed by atoms with Crippen molar-refractivity contribution in [2.24, 2.45) is 0 Å². The van der Waals surface area contributed by atoms with Crippen molar-refractivity contribution in [1.29, 1.82) is 15.8 Å². The van der Waals surface area contributed by atoms with E-state index < -0.39 is 5.41 Å². The normalized spacial score (nSPS) is 11.7. The van der Waals surface area contributed by atoms with E-state index in [1.165, 1.54) is 16.2 Å². The van der Waals surface area contributed by atoms with Gasteiger partial charge in [0.05, 0.1) is 40.3 Å². The summed E-state index contributed by atoms with van der Waals surface area (Å²) < 4.78 is 6.61. The number of hydrogen-bond donors (Lipinski definition) is 0. The maximum Gasteiger partial charge on any atom is 0.164 e. The van der Waals surface area contributed by atoms with Gasteiger partial charge in [0, 0.05) is 66.8 Å². The van der Waals surface area contributed by atoms with Crippen molar-refractivity contribution < 1.29 is 4.74 Å². The molecule has 0 bridgehead atoms. The quantitative estimate of drug-likeness (QED) is 0.0941. The van der Waals surface area contributed by atoms with Gasteiger partial charge in [0.25, 0.3) is 0 Å². The molecule has 24 aromatic rings. The van der Waals surface area contributed by atoms with Crippen LogP contribution in [0.4, 0.5) is 0 Å². The number of nitrogens with zero attached hydrogens (tertiary/aromatic N) is 12. The fourth-order valence-electron chi connectivity index (χ4n) is 20.3. The monoisotopic (exact) mass is 1860 g/mol. The molecule has 0 saturated carbocycles. The molecule has 21 aromatic carbocycles. The molecule has 3 aromatic heterocycles. The molecular formula is C133H82N12O. The molecule has 0 amide bonds. The number of ether oxygens (including phenoxy) is 1. The maximum atomic E-state index is 10.2. The van der Waals surface area contributed by atoms with Gasteiger partial charge in [-0.05, 0) is 189 Å². The van der Waals surface area contributed by atoms with E-state index in [9.17, 15) is 15.8 Å². The topological polar surface area (TPSA) is 197 Å². The van der Waals surface area contributed by atoms with Gasteiger partial charge in [0.2, 0.25) is 0 Å². The number of nitriles is 3. The molecule has 0 unspecified atom stereocenters.